The second kappa shape index (κ2) is 26.1. The summed E-state index contributed by atoms with van der Waals surface area (Å²) in [4.78, 5) is 22.4. The molecule has 0 aromatic heterocycles. The van der Waals surface area contributed by atoms with E-state index in [-0.39, 0.29) is 19.6 Å². The summed E-state index contributed by atoms with van der Waals surface area (Å²) in [6, 6.07) is -0.972. The van der Waals surface area contributed by atoms with Crippen LogP contribution in [0, 0.1) is 0 Å². The number of aliphatic hydroxyl groups excluding tert-OH is 2. The maximum Gasteiger partial charge on any atom is 0.472 e. The van der Waals surface area contributed by atoms with E-state index in [1.807, 2.05) is 6.08 Å². The van der Waals surface area contributed by atoms with E-state index in [0.29, 0.717) is 6.42 Å². The first-order chi connectivity index (χ1) is 18.8. The van der Waals surface area contributed by atoms with Crippen LogP contribution in [-0.2, 0) is 18.4 Å². The molecule has 232 valence electrons. The monoisotopic (exact) mass is 578 g/mol. The van der Waals surface area contributed by atoms with Gasteiger partial charge in [-0.1, -0.05) is 116 Å². The lowest BCUT2D eigenvalue weighted by Crippen LogP contribution is -2.46. The molecule has 10 heteroatoms. The van der Waals surface area contributed by atoms with Gasteiger partial charge in [0.25, 0.3) is 0 Å². The highest BCUT2D eigenvalue weighted by atomic mass is 31.2. The van der Waals surface area contributed by atoms with Gasteiger partial charge in [0.05, 0.1) is 37.9 Å². The van der Waals surface area contributed by atoms with Gasteiger partial charge in [-0.25, -0.2) is 4.57 Å². The zero-order valence-electron chi connectivity index (χ0n) is 24.7. The molecule has 0 saturated carbocycles. The molecule has 4 unspecified atom stereocenters. The topological polar surface area (TPSA) is 151 Å². The number of unbranched alkanes of at least 4 members (excludes halogenated alkanes) is 14. The highest BCUT2D eigenvalue weighted by molar-refractivity contribution is 7.47. The third-order valence-corrected chi connectivity index (χ3v) is 7.65. The van der Waals surface area contributed by atoms with Gasteiger partial charge in [-0.3, -0.25) is 13.8 Å². The third-order valence-electron chi connectivity index (χ3n) is 6.67. The molecule has 4 atom stereocenters. The molecule has 0 heterocycles. The quantitative estimate of drug-likeness (QED) is 0.0437. The Balaban J connectivity index is 4.59. The molecule has 9 nitrogen and oxygen atoms in total. The van der Waals surface area contributed by atoms with Crippen LogP contribution in [0.2, 0.25) is 0 Å². The molecule has 39 heavy (non-hydrogen) atoms. The number of carbonyl (C=O) groups is 1. The summed E-state index contributed by atoms with van der Waals surface area (Å²) in [6.07, 6.45) is 20.3. The van der Waals surface area contributed by atoms with E-state index in [0.717, 1.165) is 38.5 Å². The number of rotatable bonds is 28. The summed E-state index contributed by atoms with van der Waals surface area (Å²) in [5.74, 6) is -0.453. The van der Waals surface area contributed by atoms with Crippen LogP contribution < -0.4 is 11.1 Å². The number of amides is 1. The van der Waals surface area contributed by atoms with Crippen molar-refractivity contribution in [2.45, 2.75) is 148 Å². The van der Waals surface area contributed by atoms with Crippen LogP contribution in [0.5, 0.6) is 0 Å². The molecule has 6 N–H and O–H groups in total. The minimum Gasteiger partial charge on any atom is -0.393 e. The van der Waals surface area contributed by atoms with E-state index in [9.17, 15) is 24.5 Å². The van der Waals surface area contributed by atoms with E-state index >= 15 is 0 Å². The molecule has 0 bridgehead atoms. The number of nitrogens with one attached hydrogen (secondary N) is 1. The van der Waals surface area contributed by atoms with Crippen molar-refractivity contribution in [3.05, 3.63) is 12.2 Å². The number of carbonyl (C=O) groups excluding carboxylic acids is 1. The minimum atomic E-state index is -4.37. The standard InChI is InChI=1S/C29H59N2O7P/c1-3-5-7-9-11-13-14-16-18-20-26(32)24-29(34)31-27(25-38-39(35,36)37-23-22-30)28(33)21-19-17-15-12-10-8-6-4-2/h19,21,26-28,32-33H,3-18,20,22-25,30H2,1-2H3,(H,31,34)(H,35,36)/b21-19+. The fourth-order valence-electron chi connectivity index (χ4n) is 4.29. The largest absolute Gasteiger partial charge is 0.472 e. The van der Waals surface area contributed by atoms with Gasteiger partial charge in [-0.2, -0.15) is 0 Å². The average Bonchev–Trinajstić information content (AvgIpc) is 2.90. The van der Waals surface area contributed by atoms with Crippen molar-refractivity contribution in [2.24, 2.45) is 5.73 Å². The molecule has 0 aliphatic rings. The summed E-state index contributed by atoms with van der Waals surface area (Å²) >= 11 is 0. The first-order valence-corrected chi connectivity index (χ1v) is 16.9. The highest BCUT2D eigenvalue weighted by Gasteiger charge is 2.27. The van der Waals surface area contributed by atoms with Crippen LogP contribution in [0.15, 0.2) is 12.2 Å². The smallest absolute Gasteiger partial charge is 0.393 e. The van der Waals surface area contributed by atoms with E-state index < -0.39 is 38.6 Å². The SMILES string of the molecule is CCCCCCCC/C=C/C(O)C(COP(=O)(O)OCCN)NC(=O)CC(O)CCCCCCCCCCC. The summed E-state index contributed by atoms with van der Waals surface area (Å²) in [6.45, 7) is 3.86. The lowest BCUT2D eigenvalue weighted by molar-refractivity contribution is -0.124. The fourth-order valence-corrected chi connectivity index (χ4v) is 5.05. The summed E-state index contributed by atoms with van der Waals surface area (Å²) < 4.78 is 21.8. The number of hydrogen-bond acceptors (Lipinski definition) is 7. The molecular formula is C29H59N2O7P. The number of phosphoric acid groups is 1. The molecule has 0 aliphatic carbocycles. The molecule has 0 aromatic carbocycles. The Morgan fingerprint density at radius 1 is 0.872 bits per heavy atom. The summed E-state index contributed by atoms with van der Waals surface area (Å²) in [5.41, 5.74) is 5.30. The van der Waals surface area contributed by atoms with Crippen molar-refractivity contribution in [3.8, 4) is 0 Å². The Kier molecular flexibility index (Phi) is 25.6. The zero-order chi connectivity index (χ0) is 29.2. The Morgan fingerprint density at radius 2 is 1.41 bits per heavy atom. The van der Waals surface area contributed by atoms with Crippen LogP contribution in [0.4, 0.5) is 0 Å². The fraction of sp³-hybridized carbons (Fsp3) is 0.897. The van der Waals surface area contributed by atoms with Gasteiger partial charge in [0.1, 0.15) is 0 Å². The molecule has 0 radical (unpaired) electrons. The van der Waals surface area contributed by atoms with Gasteiger partial charge >= 0.3 is 7.82 Å². The molecule has 0 rings (SSSR count). The molecule has 0 spiro atoms. The van der Waals surface area contributed by atoms with E-state index in [1.54, 1.807) is 6.08 Å². The first kappa shape index (κ1) is 38.2. The van der Waals surface area contributed by atoms with Crippen molar-refractivity contribution >= 4 is 13.7 Å². The molecular weight excluding hydrogens is 519 g/mol. The zero-order valence-corrected chi connectivity index (χ0v) is 25.6. The van der Waals surface area contributed by atoms with Gasteiger partial charge < -0.3 is 26.2 Å². The third kappa shape index (κ3) is 24.7. The predicted octanol–water partition coefficient (Wildman–Crippen LogP) is 5.90. The molecule has 0 aromatic rings. The van der Waals surface area contributed by atoms with Crippen molar-refractivity contribution in [1.82, 2.24) is 5.32 Å². The number of nitrogens with two attached hydrogens (primary N) is 1. The number of aliphatic hydroxyl groups is 2. The van der Waals surface area contributed by atoms with Crippen LogP contribution in [0.1, 0.15) is 129 Å². The first-order valence-electron chi connectivity index (χ1n) is 15.4. The number of phosphoric ester groups is 1. The van der Waals surface area contributed by atoms with E-state index in [4.69, 9.17) is 14.8 Å². The maximum absolute atomic E-state index is 12.6. The van der Waals surface area contributed by atoms with E-state index in [1.165, 1.54) is 64.2 Å². The second-order valence-electron chi connectivity index (χ2n) is 10.5. The Hall–Kier alpha value is -0.800. The van der Waals surface area contributed by atoms with Crippen LogP contribution >= 0.6 is 7.82 Å². The number of allylic oxidation sites excluding steroid dienone is 1. The number of hydrogen-bond donors (Lipinski definition) is 5. The Labute approximate surface area is 237 Å². The van der Waals surface area contributed by atoms with Crippen molar-refractivity contribution in [3.63, 3.8) is 0 Å². The molecule has 0 fully saturated rings. The van der Waals surface area contributed by atoms with Crippen LogP contribution in [0.3, 0.4) is 0 Å². The molecule has 1 amide bonds. The predicted molar refractivity (Wildman–Crippen MR) is 158 cm³/mol. The van der Waals surface area contributed by atoms with Crippen LogP contribution in [0.25, 0.3) is 0 Å². The van der Waals surface area contributed by atoms with Gasteiger partial charge in [-0.15, -0.1) is 0 Å². The minimum absolute atomic E-state index is 0.0503. The average molecular weight is 579 g/mol. The summed E-state index contributed by atoms with van der Waals surface area (Å²) in [5, 5.41) is 23.6. The highest BCUT2D eigenvalue weighted by Crippen LogP contribution is 2.43. The van der Waals surface area contributed by atoms with Crippen molar-refractivity contribution in [2.75, 3.05) is 19.8 Å². The van der Waals surface area contributed by atoms with Crippen molar-refractivity contribution < 1.29 is 33.5 Å². The summed E-state index contributed by atoms with van der Waals surface area (Å²) in [7, 11) is -4.37. The van der Waals surface area contributed by atoms with Gasteiger partial charge in [-0.05, 0) is 19.3 Å². The van der Waals surface area contributed by atoms with E-state index in [2.05, 4.69) is 19.2 Å². The lowest BCUT2D eigenvalue weighted by atomic mass is 10.0. The molecule has 0 aliphatic heterocycles. The molecule has 0 saturated heterocycles. The van der Waals surface area contributed by atoms with Crippen molar-refractivity contribution in [1.29, 1.82) is 0 Å². The normalized spacial score (nSPS) is 15.7. The Bertz CT molecular complexity index is 651. The maximum atomic E-state index is 12.6. The van der Waals surface area contributed by atoms with Gasteiger partial charge in [0.15, 0.2) is 0 Å². The van der Waals surface area contributed by atoms with Gasteiger partial charge in [0.2, 0.25) is 5.91 Å². The lowest BCUT2D eigenvalue weighted by Gasteiger charge is -2.24. The van der Waals surface area contributed by atoms with Gasteiger partial charge in [0, 0.05) is 6.54 Å². The Morgan fingerprint density at radius 3 is 1.97 bits per heavy atom. The second-order valence-corrected chi connectivity index (χ2v) is 12.0. The van der Waals surface area contributed by atoms with Crippen LogP contribution in [-0.4, -0.2) is 59.0 Å².